The number of hydrogen-bond donors (Lipinski definition) is 1. The molecule has 0 atom stereocenters. The monoisotopic (exact) mass is 340 g/mol. The van der Waals surface area contributed by atoms with Crippen molar-refractivity contribution < 1.29 is 14.6 Å². The Morgan fingerprint density at radius 2 is 1.12 bits per heavy atom. The molecule has 0 rings (SSSR count). The van der Waals surface area contributed by atoms with Crippen molar-refractivity contribution in [3.8, 4) is 0 Å². The minimum absolute atomic E-state index is 0.344. The number of hydrogen-bond acceptors (Lipinski definition) is 2. The Morgan fingerprint density at radius 3 is 1.58 bits per heavy atom. The van der Waals surface area contributed by atoms with Gasteiger partial charge < -0.3 is 9.84 Å². The van der Waals surface area contributed by atoms with Gasteiger partial charge in [-0.2, -0.15) is 0 Å². The third-order valence-electron chi connectivity index (χ3n) is 4.38. The SMILES string of the molecule is CCCCCCCCCC/C=C\CCCCCCCCOC(=O)O. The van der Waals surface area contributed by atoms with Gasteiger partial charge in [0.15, 0.2) is 0 Å². The van der Waals surface area contributed by atoms with Crippen LogP contribution >= 0.6 is 0 Å². The zero-order chi connectivity index (χ0) is 17.7. The van der Waals surface area contributed by atoms with E-state index in [4.69, 9.17) is 5.11 Å². The van der Waals surface area contributed by atoms with Gasteiger partial charge in [0.1, 0.15) is 0 Å². The Hall–Kier alpha value is -0.990. The van der Waals surface area contributed by atoms with E-state index in [1.165, 1.54) is 89.9 Å². The number of carboxylic acid groups (broad SMARTS) is 1. The van der Waals surface area contributed by atoms with Gasteiger partial charge in [0.25, 0.3) is 0 Å². The fourth-order valence-corrected chi connectivity index (χ4v) is 2.86. The Labute approximate surface area is 149 Å². The van der Waals surface area contributed by atoms with Crippen LogP contribution in [0.4, 0.5) is 4.79 Å². The van der Waals surface area contributed by atoms with E-state index in [0.29, 0.717) is 6.61 Å². The van der Waals surface area contributed by atoms with Gasteiger partial charge in [-0.1, -0.05) is 89.7 Å². The van der Waals surface area contributed by atoms with Crippen LogP contribution in [0.25, 0.3) is 0 Å². The Balaban J connectivity index is 3.07. The van der Waals surface area contributed by atoms with Crippen LogP contribution in [0.1, 0.15) is 110 Å². The van der Waals surface area contributed by atoms with E-state index in [0.717, 1.165) is 12.8 Å². The Morgan fingerprint density at radius 1 is 0.708 bits per heavy atom. The molecule has 24 heavy (non-hydrogen) atoms. The number of rotatable bonds is 18. The summed E-state index contributed by atoms with van der Waals surface area (Å²) in [6.07, 6.45) is 24.1. The molecule has 142 valence electrons. The molecule has 0 bridgehead atoms. The molecule has 0 aromatic carbocycles. The molecule has 0 aliphatic heterocycles. The summed E-state index contributed by atoms with van der Waals surface area (Å²) in [6.45, 7) is 2.61. The molecule has 0 aromatic heterocycles. The van der Waals surface area contributed by atoms with Crippen molar-refractivity contribution in [3.63, 3.8) is 0 Å². The molecule has 0 aliphatic carbocycles. The van der Waals surface area contributed by atoms with Crippen LogP contribution in [0.2, 0.25) is 0 Å². The van der Waals surface area contributed by atoms with Crippen LogP contribution in [-0.2, 0) is 4.74 Å². The lowest BCUT2D eigenvalue weighted by molar-refractivity contribution is 0.0899. The normalized spacial score (nSPS) is 11.2. The van der Waals surface area contributed by atoms with E-state index < -0.39 is 6.16 Å². The van der Waals surface area contributed by atoms with E-state index in [-0.39, 0.29) is 0 Å². The van der Waals surface area contributed by atoms with Crippen molar-refractivity contribution in [2.24, 2.45) is 0 Å². The fraction of sp³-hybridized carbons (Fsp3) is 0.857. The van der Waals surface area contributed by atoms with Gasteiger partial charge in [-0.15, -0.1) is 0 Å². The molecule has 0 fully saturated rings. The smallest absolute Gasteiger partial charge is 0.450 e. The van der Waals surface area contributed by atoms with Gasteiger partial charge in [-0.25, -0.2) is 4.79 Å². The first-order valence-electron chi connectivity index (χ1n) is 10.3. The highest BCUT2D eigenvalue weighted by Gasteiger charge is 1.95. The average Bonchev–Trinajstić information content (AvgIpc) is 2.56. The minimum atomic E-state index is -1.16. The van der Waals surface area contributed by atoms with Crippen molar-refractivity contribution in [3.05, 3.63) is 12.2 Å². The first-order chi connectivity index (χ1) is 11.8. The summed E-state index contributed by atoms with van der Waals surface area (Å²) in [5, 5.41) is 8.33. The average molecular weight is 341 g/mol. The molecule has 0 unspecified atom stereocenters. The van der Waals surface area contributed by atoms with Gasteiger partial charge in [-0.05, 0) is 32.1 Å². The quantitative estimate of drug-likeness (QED) is 0.160. The Bertz CT molecular complexity index is 287. The topological polar surface area (TPSA) is 46.5 Å². The van der Waals surface area contributed by atoms with Crippen molar-refractivity contribution in [2.45, 2.75) is 110 Å². The lowest BCUT2D eigenvalue weighted by atomic mass is 10.1. The van der Waals surface area contributed by atoms with E-state index in [9.17, 15) is 4.79 Å². The fourth-order valence-electron chi connectivity index (χ4n) is 2.86. The van der Waals surface area contributed by atoms with Crippen LogP contribution in [0, 0.1) is 0 Å². The predicted octanol–water partition coefficient (Wildman–Crippen LogP) is 7.50. The first-order valence-corrected chi connectivity index (χ1v) is 10.3. The van der Waals surface area contributed by atoms with Gasteiger partial charge >= 0.3 is 6.16 Å². The summed E-state index contributed by atoms with van der Waals surface area (Å²) in [4.78, 5) is 10.2. The summed E-state index contributed by atoms with van der Waals surface area (Å²) in [6, 6.07) is 0. The predicted molar refractivity (Wildman–Crippen MR) is 103 cm³/mol. The van der Waals surface area contributed by atoms with Gasteiger partial charge in [0, 0.05) is 0 Å². The van der Waals surface area contributed by atoms with E-state index in [2.05, 4.69) is 23.8 Å². The maximum atomic E-state index is 10.2. The molecule has 1 N–H and O–H groups in total. The highest BCUT2D eigenvalue weighted by atomic mass is 16.7. The maximum Gasteiger partial charge on any atom is 0.505 e. The Kier molecular flexibility index (Phi) is 19.2. The van der Waals surface area contributed by atoms with Crippen LogP contribution < -0.4 is 0 Å². The molecular weight excluding hydrogens is 300 g/mol. The molecule has 0 heterocycles. The van der Waals surface area contributed by atoms with Crippen LogP contribution in [0.3, 0.4) is 0 Å². The lowest BCUT2D eigenvalue weighted by Gasteiger charge is -2.01. The first kappa shape index (κ1) is 23.0. The summed E-state index contributed by atoms with van der Waals surface area (Å²) in [5.41, 5.74) is 0. The third-order valence-corrected chi connectivity index (χ3v) is 4.38. The molecule has 0 aliphatic rings. The molecule has 0 saturated carbocycles. The number of allylic oxidation sites excluding steroid dienone is 2. The second-order valence-corrected chi connectivity index (χ2v) is 6.76. The van der Waals surface area contributed by atoms with Crippen molar-refractivity contribution >= 4 is 6.16 Å². The van der Waals surface area contributed by atoms with Crippen LogP contribution in [0.15, 0.2) is 12.2 Å². The second-order valence-electron chi connectivity index (χ2n) is 6.76. The van der Waals surface area contributed by atoms with E-state index in [1.807, 2.05) is 0 Å². The zero-order valence-corrected chi connectivity index (χ0v) is 15.9. The van der Waals surface area contributed by atoms with E-state index in [1.54, 1.807) is 0 Å². The molecule has 0 saturated heterocycles. The molecule has 3 nitrogen and oxygen atoms in total. The van der Waals surface area contributed by atoms with Crippen LogP contribution in [-0.4, -0.2) is 17.9 Å². The number of unbranched alkanes of at least 4 members (excludes halogenated alkanes) is 14. The highest BCUT2D eigenvalue weighted by Crippen LogP contribution is 2.11. The maximum absolute atomic E-state index is 10.2. The van der Waals surface area contributed by atoms with E-state index >= 15 is 0 Å². The molecular formula is C21H40O3. The molecule has 0 spiro atoms. The van der Waals surface area contributed by atoms with Crippen molar-refractivity contribution in [1.29, 1.82) is 0 Å². The molecule has 0 aromatic rings. The van der Waals surface area contributed by atoms with Gasteiger partial charge in [-0.3, -0.25) is 0 Å². The summed E-state index contributed by atoms with van der Waals surface area (Å²) in [5.74, 6) is 0. The molecule has 0 amide bonds. The van der Waals surface area contributed by atoms with Crippen molar-refractivity contribution in [2.75, 3.05) is 6.61 Å². The highest BCUT2D eigenvalue weighted by molar-refractivity contribution is 5.56. The van der Waals surface area contributed by atoms with Gasteiger partial charge in [0.2, 0.25) is 0 Å². The van der Waals surface area contributed by atoms with Crippen LogP contribution in [0.5, 0.6) is 0 Å². The third kappa shape index (κ3) is 21.0. The molecule has 0 radical (unpaired) electrons. The number of carbonyl (C=O) groups is 1. The second kappa shape index (κ2) is 20.1. The largest absolute Gasteiger partial charge is 0.505 e. The summed E-state index contributed by atoms with van der Waals surface area (Å²) < 4.78 is 4.48. The number of ether oxygens (including phenoxy) is 1. The van der Waals surface area contributed by atoms with Crippen molar-refractivity contribution in [1.82, 2.24) is 0 Å². The lowest BCUT2D eigenvalue weighted by Crippen LogP contribution is -2.01. The summed E-state index contributed by atoms with van der Waals surface area (Å²) >= 11 is 0. The minimum Gasteiger partial charge on any atom is -0.450 e. The zero-order valence-electron chi connectivity index (χ0n) is 15.9. The summed E-state index contributed by atoms with van der Waals surface area (Å²) in [7, 11) is 0. The van der Waals surface area contributed by atoms with Gasteiger partial charge in [0.05, 0.1) is 6.61 Å². The standard InChI is InChI=1S/C21H40O3/c1-2-3-4-5-6-7-8-9-10-11-12-13-14-15-16-17-18-19-20-24-21(22)23/h11-12H,2-10,13-20H2,1H3,(H,22,23)/b12-11-. The molecule has 3 heteroatoms.